The molecule has 0 fully saturated rings. The van der Waals surface area contributed by atoms with Crippen LogP contribution >= 0.6 is 11.6 Å². The molecule has 2 aromatic rings. The number of aromatic nitrogens is 1. The monoisotopic (exact) mass is 319 g/mol. The first-order valence-electron chi connectivity index (χ1n) is 7.48. The van der Waals surface area contributed by atoms with Crippen LogP contribution in [0.5, 0.6) is 0 Å². The number of rotatable bonds is 5. The predicted octanol–water partition coefficient (Wildman–Crippen LogP) is 3.96. The maximum Gasteiger partial charge on any atom is 0.315 e. The van der Waals surface area contributed by atoms with Crippen LogP contribution in [0.3, 0.4) is 0 Å². The number of nitrogens with zero attached hydrogens (tertiary/aromatic N) is 1. The molecular formula is C17H22ClN3O. The molecule has 0 saturated carbocycles. The maximum absolute atomic E-state index is 11.6. The fourth-order valence-electron chi connectivity index (χ4n) is 2.50. The van der Waals surface area contributed by atoms with Crippen LogP contribution in [-0.4, -0.2) is 17.1 Å². The number of hydrogen-bond donors (Lipinski definition) is 2. The molecule has 1 aromatic heterocycles. The van der Waals surface area contributed by atoms with Crippen molar-refractivity contribution in [1.82, 2.24) is 15.2 Å². The van der Waals surface area contributed by atoms with Gasteiger partial charge in [-0.15, -0.1) is 0 Å². The fraction of sp³-hybridized carbons (Fsp3) is 0.353. The first-order chi connectivity index (χ1) is 10.5. The third-order valence-corrected chi connectivity index (χ3v) is 3.81. The molecule has 0 spiro atoms. The van der Waals surface area contributed by atoms with E-state index in [1.54, 1.807) is 0 Å². The number of nitrogens with one attached hydrogen (secondary N) is 2. The van der Waals surface area contributed by atoms with E-state index in [0.29, 0.717) is 18.1 Å². The summed E-state index contributed by atoms with van der Waals surface area (Å²) < 4.78 is 2.15. The standard InChI is InChI=1S/C17H22ClN3O/c1-4-8-19-17(22)20-11-14-9-12(2)21(13(14)3)16-7-5-6-15(18)10-16/h5-7,9-10H,4,8,11H2,1-3H3,(H2,19,20,22). The fourth-order valence-corrected chi connectivity index (χ4v) is 2.68. The van der Waals surface area contributed by atoms with Gasteiger partial charge in [0.1, 0.15) is 0 Å². The number of halogens is 1. The Morgan fingerprint density at radius 3 is 2.68 bits per heavy atom. The normalized spacial score (nSPS) is 10.5. The van der Waals surface area contributed by atoms with Crippen molar-refractivity contribution in [3.8, 4) is 5.69 Å². The number of hydrogen-bond acceptors (Lipinski definition) is 1. The van der Waals surface area contributed by atoms with Crippen molar-refractivity contribution >= 4 is 17.6 Å². The second-order valence-electron chi connectivity index (χ2n) is 5.32. The van der Waals surface area contributed by atoms with E-state index in [4.69, 9.17) is 11.6 Å². The van der Waals surface area contributed by atoms with Crippen molar-refractivity contribution in [3.63, 3.8) is 0 Å². The molecule has 0 unspecified atom stereocenters. The summed E-state index contributed by atoms with van der Waals surface area (Å²) in [5.74, 6) is 0. The molecule has 5 heteroatoms. The van der Waals surface area contributed by atoms with Gasteiger partial charge in [0.2, 0.25) is 0 Å². The average molecular weight is 320 g/mol. The summed E-state index contributed by atoms with van der Waals surface area (Å²) in [5.41, 5.74) is 4.36. The summed E-state index contributed by atoms with van der Waals surface area (Å²) >= 11 is 6.08. The zero-order chi connectivity index (χ0) is 16.1. The minimum Gasteiger partial charge on any atom is -0.338 e. The Balaban J connectivity index is 2.15. The summed E-state index contributed by atoms with van der Waals surface area (Å²) in [4.78, 5) is 11.6. The van der Waals surface area contributed by atoms with Gasteiger partial charge in [-0.2, -0.15) is 0 Å². The van der Waals surface area contributed by atoms with Crippen molar-refractivity contribution in [1.29, 1.82) is 0 Å². The van der Waals surface area contributed by atoms with Crippen LogP contribution in [0.15, 0.2) is 30.3 Å². The van der Waals surface area contributed by atoms with Crippen molar-refractivity contribution < 1.29 is 4.79 Å². The summed E-state index contributed by atoms with van der Waals surface area (Å²) in [7, 11) is 0. The minimum atomic E-state index is -0.130. The lowest BCUT2D eigenvalue weighted by Gasteiger charge is -2.11. The quantitative estimate of drug-likeness (QED) is 0.861. The second kappa shape index (κ2) is 7.36. The highest BCUT2D eigenvalue weighted by Crippen LogP contribution is 2.22. The molecule has 2 amide bonds. The highest BCUT2D eigenvalue weighted by Gasteiger charge is 2.11. The number of benzene rings is 1. The lowest BCUT2D eigenvalue weighted by molar-refractivity contribution is 0.240. The molecule has 1 aromatic carbocycles. The van der Waals surface area contributed by atoms with Crippen molar-refractivity contribution in [3.05, 3.63) is 52.3 Å². The van der Waals surface area contributed by atoms with Gasteiger partial charge in [0.05, 0.1) is 0 Å². The Morgan fingerprint density at radius 2 is 2.00 bits per heavy atom. The first-order valence-corrected chi connectivity index (χ1v) is 7.86. The number of urea groups is 1. The predicted molar refractivity (Wildman–Crippen MR) is 90.8 cm³/mol. The van der Waals surface area contributed by atoms with E-state index in [-0.39, 0.29) is 6.03 Å². The van der Waals surface area contributed by atoms with Crippen molar-refractivity contribution in [2.75, 3.05) is 6.54 Å². The molecule has 4 nitrogen and oxygen atoms in total. The summed E-state index contributed by atoms with van der Waals surface area (Å²) in [6, 6.07) is 9.72. The van der Waals surface area contributed by atoms with Gasteiger partial charge < -0.3 is 15.2 Å². The van der Waals surface area contributed by atoms with Crippen molar-refractivity contribution in [2.24, 2.45) is 0 Å². The minimum absolute atomic E-state index is 0.130. The third-order valence-electron chi connectivity index (χ3n) is 3.58. The highest BCUT2D eigenvalue weighted by molar-refractivity contribution is 6.30. The van der Waals surface area contributed by atoms with Gasteiger partial charge >= 0.3 is 6.03 Å². The largest absolute Gasteiger partial charge is 0.338 e. The van der Waals surface area contributed by atoms with Crippen LogP contribution < -0.4 is 10.6 Å². The molecule has 22 heavy (non-hydrogen) atoms. The topological polar surface area (TPSA) is 46.1 Å². The maximum atomic E-state index is 11.6. The SMILES string of the molecule is CCCNC(=O)NCc1cc(C)n(-c2cccc(Cl)c2)c1C. The van der Waals surface area contributed by atoms with E-state index in [1.807, 2.05) is 31.2 Å². The second-order valence-corrected chi connectivity index (χ2v) is 5.76. The molecule has 0 aliphatic heterocycles. The Hall–Kier alpha value is -1.94. The third kappa shape index (κ3) is 3.83. The van der Waals surface area contributed by atoms with E-state index in [2.05, 4.69) is 35.1 Å². The Bertz CT molecular complexity index is 664. The smallest absolute Gasteiger partial charge is 0.315 e. The van der Waals surface area contributed by atoms with Gasteiger partial charge in [0.15, 0.2) is 0 Å². The first kappa shape index (κ1) is 16.4. The molecule has 2 rings (SSSR count). The van der Waals surface area contributed by atoms with Gasteiger partial charge in [-0.05, 0) is 50.1 Å². The Labute approximate surface area is 136 Å². The number of amides is 2. The van der Waals surface area contributed by atoms with Gasteiger partial charge in [0.25, 0.3) is 0 Å². The van der Waals surface area contributed by atoms with Crippen LogP contribution in [-0.2, 0) is 6.54 Å². The van der Waals surface area contributed by atoms with Gasteiger partial charge in [-0.3, -0.25) is 0 Å². The van der Waals surface area contributed by atoms with Crippen LogP contribution in [0.25, 0.3) is 5.69 Å². The Kier molecular flexibility index (Phi) is 5.50. The zero-order valence-corrected chi connectivity index (χ0v) is 14.0. The van der Waals surface area contributed by atoms with Crippen LogP contribution in [0.1, 0.15) is 30.3 Å². The number of aryl methyl sites for hydroxylation is 1. The van der Waals surface area contributed by atoms with E-state index < -0.39 is 0 Å². The lowest BCUT2D eigenvalue weighted by Crippen LogP contribution is -2.35. The average Bonchev–Trinajstić information content (AvgIpc) is 2.77. The van der Waals surface area contributed by atoms with Gasteiger partial charge in [-0.25, -0.2) is 4.79 Å². The van der Waals surface area contributed by atoms with Crippen LogP contribution in [0.4, 0.5) is 4.79 Å². The van der Waals surface area contributed by atoms with E-state index in [1.165, 1.54) is 0 Å². The highest BCUT2D eigenvalue weighted by atomic mass is 35.5. The zero-order valence-electron chi connectivity index (χ0n) is 13.2. The van der Waals surface area contributed by atoms with Crippen LogP contribution in [0.2, 0.25) is 5.02 Å². The molecule has 118 valence electrons. The summed E-state index contributed by atoms with van der Waals surface area (Å²) in [6.07, 6.45) is 0.927. The van der Waals surface area contributed by atoms with Gasteiger partial charge in [-0.1, -0.05) is 24.6 Å². The van der Waals surface area contributed by atoms with E-state index >= 15 is 0 Å². The van der Waals surface area contributed by atoms with Gasteiger partial charge in [0, 0.05) is 35.2 Å². The van der Waals surface area contributed by atoms with Crippen molar-refractivity contribution in [2.45, 2.75) is 33.7 Å². The molecule has 2 N–H and O–H groups in total. The summed E-state index contributed by atoms with van der Waals surface area (Å²) in [5, 5.41) is 6.41. The number of carbonyl (C=O) groups excluding carboxylic acids is 1. The molecule has 0 aliphatic rings. The van der Waals surface area contributed by atoms with E-state index in [9.17, 15) is 4.79 Å². The lowest BCUT2D eigenvalue weighted by atomic mass is 10.2. The molecule has 0 atom stereocenters. The van der Waals surface area contributed by atoms with Crippen LogP contribution in [0, 0.1) is 13.8 Å². The molecule has 1 heterocycles. The van der Waals surface area contributed by atoms with E-state index in [0.717, 1.165) is 29.1 Å². The molecule has 0 saturated heterocycles. The molecule has 0 aliphatic carbocycles. The summed E-state index contributed by atoms with van der Waals surface area (Å²) in [6.45, 7) is 7.32. The molecular weight excluding hydrogens is 298 g/mol. The number of carbonyl (C=O) groups is 1. The molecule has 0 radical (unpaired) electrons. The Morgan fingerprint density at radius 1 is 1.23 bits per heavy atom. The molecule has 0 bridgehead atoms.